The Morgan fingerprint density at radius 1 is 1.54 bits per heavy atom. The Labute approximate surface area is 146 Å². The number of H-pyrrole nitrogens is 1. The Kier molecular flexibility index (Phi) is 7.24. The van der Waals surface area contributed by atoms with E-state index >= 15 is 0 Å². The standard InChI is InChI=1S/C11H10N4OS.C6H11N/c1-7(11-13-5-8(6-16)15-11)4-9(12)10-2-3-14-17-10;1-5-6(2,3)7-4/h2-6,12H,1H3,(H,13,15);1,7H,2-4H3/b7-4-,12-9?;. The predicted octanol–water partition coefficient (Wildman–Crippen LogP) is 2.77. The van der Waals surface area contributed by atoms with Gasteiger partial charge in [0.05, 0.1) is 28.0 Å². The largest absolute Gasteiger partial charge is 0.336 e. The van der Waals surface area contributed by atoms with E-state index in [1.807, 2.05) is 27.8 Å². The average Bonchev–Trinajstić information content (AvgIpc) is 3.26. The van der Waals surface area contributed by atoms with Crippen molar-refractivity contribution in [3.05, 3.63) is 40.9 Å². The van der Waals surface area contributed by atoms with Gasteiger partial charge >= 0.3 is 0 Å². The van der Waals surface area contributed by atoms with E-state index in [1.165, 1.54) is 17.7 Å². The highest BCUT2D eigenvalue weighted by molar-refractivity contribution is 7.08. The van der Waals surface area contributed by atoms with E-state index in [2.05, 4.69) is 25.6 Å². The number of carbonyl (C=O) groups is 1. The minimum Gasteiger partial charge on any atom is -0.336 e. The molecule has 0 unspecified atom stereocenters. The molecule has 0 amide bonds. The van der Waals surface area contributed by atoms with Crippen molar-refractivity contribution in [1.82, 2.24) is 19.7 Å². The molecule has 0 bridgehead atoms. The predicted molar refractivity (Wildman–Crippen MR) is 98.5 cm³/mol. The zero-order chi connectivity index (χ0) is 18.2. The minimum atomic E-state index is -0.139. The number of hydrogen-bond donors (Lipinski definition) is 3. The number of rotatable bonds is 5. The summed E-state index contributed by atoms with van der Waals surface area (Å²) in [6.45, 7) is 5.74. The quantitative estimate of drug-likeness (QED) is 0.442. The van der Waals surface area contributed by atoms with E-state index < -0.39 is 0 Å². The van der Waals surface area contributed by atoms with Gasteiger partial charge in [-0.05, 0) is 57.1 Å². The molecule has 2 aromatic rings. The Morgan fingerprint density at radius 3 is 2.67 bits per heavy atom. The molecule has 0 aliphatic heterocycles. The maximum atomic E-state index is 10.5. The smallest absolute Gasteiger partial charge is 0.167 e. The topological polar surface area (TPSA) is 94.5 Å². The number of carbonyl (C=O) groups excluding carboxylic acids is 1. The summed E-state index contributed by atoms with van der Waals surface area (Å²) in [6.07, 6.45) is 10.6. The molecule has 0 saturated heterocycles. The summed E-state index contributed by atoms with van der Waals surface area (Å²) < 4.78 is 3.94. The number of terminal acetylenes is 1. The van der Waals surface area contributed by atoms with Gasteiger partial charge in [-0.2, -0.15) is 0 Å². The Bertz CT molecular complexity index is 750. The molecule has 0 atom stereocenters. The zero-order valence-corrected chi connectivity index (χ0v) is 15.0. The monoisotopic (exact) mass is 343 g/mol. The first-order valence-corrected chi connectivity index (χ1v) is 7.95. The number of imidazole rings is 1. The van der Waals surface area contributed by atoms with Crippen molar-refractivity contribution in [3.8, 4) is 12.3 Å². The third-order valence-electron chi connectivity index (χ3n) is 3.15. The molecule has 0 fully saturated rings. The van der Waals surface area contributed by atoms with Crippen molar-refractivity contribution in [3.63, 3.8) is 0 Å². The van der Waals surface area contributed by atoms with Crippen LogP contribution in [0.1, 0.15) is 42.0 Å². The molecule has 0 spiro atoms. The van der Waals surface area contributed by atoms with Crippen LogP contribution >= 0.6 is 11.5 Å². The van der Waals surface area contributed by atoms with Crippen molar-refractivity contribution in [1.29, 1.82) is 5.41 Å². The van der Waals surface area contributed by atoms with Crippen LogP contribution in [0.3, 0.4) is 0 Å². The SMILES string of the molecule is C#CC(C)(C)NC.C/C(=C/C(=N)c1ccns1)c1ncc(C=O)[nH]1. The first kappa shape index (κ1) is 19.5. The van der Waals surface area contributed by atoms with E-state index in [4.69, 9.17) is 11.8 Å². The summed E-state index contributed by atoms with van der Waals surface area (Å²) in [5.41, 5.74) is 1.47. The highest BCUT2D eigenvalue weighted by Gasteiger charge is 2.07. The zero-order valence-electron chi connectivity index (χ0n) is 14.2. The van der Waals surface area contributed by atoms with Crippen molar-refractivity contribution in [2.75, 3.05) is 7.05 Å². The molecular weight excluding hydrogens is 322 g/mol. The summed E-state index contributed by atoms with van der Waals surface area (Å²) in [5.74, 6) is 3.18. The summed E-state index contributed by atoms with van der Waals surface area (Å²) in [4.78, 5) is 18.2. The molecule has 6 nitrogen and oxygen atoms in total. The van der Waals surface area contributed by atoms with Crippen LogP contribution in [-0.4, -0.2) is 38.9 Å². The molecule has 0 aliphatic rings. The fraction of sp³-hybridized carbons (Fsp3) is 0.294. The van der Waals surface area contributed by atoms with Crippen LogP contribution in [0, 0.1) is 17.8 Å². The van der Waals surface area contributed by atoms with Crippen LogP contribution in [0.2, 0.25) is 0 Å². The summed E-state index contributed by atoms with van der Waals surface area (Å²) in [6, 6.07) is 1.79. The van der Waals surface area contributed by atoms with Crippen molar-refractivity contribution >= 4 is 29.1 Å². The molecule has 24 heavy (non-hydrogen) atoms. The molecular formula is C17H21N5OS. The molecule has 0 saturated carbocycles. The van der Waals surface area contributed by atoms with Crippen molar-refractivity contribution in [2.45, 2.75) is 26.3 Å². The molecule has 0 aromatic carbocycles. The van der Waals surface area contributed by atoms with Gasteiger partial charge in [0, 0.05) is 6.20 Å². The minimum absolute atomic E-state index is 0.139. The summed E-state index contributed by atoms with van der Waals surface area (Å²) in [5, 5.41) is 10.8. The van der Waals surface area contributed by atoms with Gasteiger partial charge < -0.3 is 10.3 Å². The second kappa shape index (κ2) is 8.91. The number of allylic oxidation sites excluding steroid dienone is 2. The maximum absolute atomic E-state index is 10.5. The van der Waals surface area contributed by atoms with Crippen LogP contribution in [0.5, 0.6) is 0 Å². The van der Waals surface area contributed by atoms with E-state index in [1.54, 1.807) is 18.3 Å². The lowest BCUT2D eigenvalue weighted by Gasteiger charge is -2.14. The Hall–Kier alpha value is -2.56. The highest BCUT2D eigenvalue weighted by atomic mass is 32.1. The Morgan fingerprint density at radius 2 is 2.25 bits per heavy atom. The van der Waals surface area contributed by atoms with Gasteiger partial charge in [0.15, 0.2) is 6.29 Å². The summed E-state index contributed by atoms with van der Waals surface area (Å²) >= 11 is 1.27. The van der Waals surface area contributed by atoms with Crippen LogP contribution in [0.4, 0.5) is 0 Å². The van der Waals surface area contributed by atoms with Gasteiger partial charge in [0.25, 0.3) is 0 Å². The third kappa shape index (κ3) is 5.91. The second-order valence-electron chi connectivity index (χ2n) is 5.44. The molecule has 0 aliphatic carbocycles. The van der Waals surface area contributed by atoms with Gasteiger partial charge in [-0.15, -0.1) is 6.42 Å². The van der Waals surface area contributed by atoms with E-state index in [0.29, 0.717) is 23.5 Å². The van der Waals surface area contributed by atoms with Gasteiger partial charge in [0.1, 0.15) is 5.82 Å². The van der Waals surface area contributed by atoms with Gasteiger partial charge in [0.2, 0.25) is 0 Å². The highest BCUT2D eigenvalue weighted by Crippen LogP contribution is 2.13. The molecule has 7 heteroatoms. The molecule has 3 N–H and O–H groups in total. The summed E-state index contributed by atoms with van der Waals surface area (Å²) in [7, 11) is 1.85. The molecule has 2 heterocycles. The van der Waals surface area contributed by atoms with Crippen molar-refractivity contribution < 1.29 is 4.79 Å². The fourth-order valence-corrected chi connectivity index (χ4v) is 1.89. The lowest BCUT2D eigenvalue weighted by atomic mass is 10.1. The maximum Gasteiger partial charge on any atom is 0.167 e. The third-order valence-corrected chi connectivity index (χ3v) is 3.93. The van der Waals surface area contributed by atoms with Gasteiger partial charge in [-0.1, -0.05) is 5.92 Å². The molecule has 2 rings (SSSR count). The van der Waals surface area contributed by atoms with E-state index in [9.17, 15) is 4.79 Å². The lowest BCUT2D eigenvalue weighted by Crippen LogP contribution is -2.33. The number of aromatic nitrogens is 3. The van der Waals surface area contributed by atoms with Crippen LogP contribution in [-0.2, 0) is 0 Å². The molecule has 2 aromatic heterocycles. The van der Waals surface area contributed by atoms with Crippen molar-refractivity contribution in [2.24, 2.45) is 0 Å². The first-order chi connectivity index (χ1) is 11.3. The lowest BCUT2D eigenvalue weighted by molar-refractivity contribution is 0.111. The Balaban J connectivity index is 0.000000351. The van der Waals surface area contributed by atoms with E-state index in [-0.39, 0.29) is 5.54 Å². The van der Waals surface area contributed by atoms with Crippen LogP contribution in [0.15, 0.2) is 24.5 Å². The average molecular weight is 343 g/mol. The molecule has 0 radical (unpaired) electrons. The normalized spacial score (nSPS) is 11.2. The fourth-order valence-electron chi connectivity index (χ4n) is 1.38. The molecule has 126 valence electrons. The van der Waals surface area contributed by atoms with Gasteiger partial charge in [-0.3, -0.25) is 10.2 Å². The number of nitrogens with one attached hydrogen (secondary N) is 3. The first-order valence-electron chi connectivity index (χ1n) is 7.18. The number of hydrogen-bond acceptors (Lipinski definition) is 6. The van der Waals surface area contributed by atoms with Crippen LogP contribution in [0.25, 0.3) is 5.57 Å². The van der Waals surface area contributed by atoms with E-state index in [0.717, 1.165) is 10.5 Å². The number of aromatic amines is 1. The van der Waals surface area contributed by atoms with Crippen LogP contribution < -0.4 is 5.32 Å². The second-order valence-corrected chi connectivity index (χ2v) is 6.28. The number of aldehydes is 1. The number of nitrogens with zero attached hydrogens (tertiary/aromatic N) is 2. The van der Waals surface area contributed by atoms with Gasteiger partial charge in [-0.25, -0.2) is 9.36 Å².